The molecule has 1 aromatic carbocycles. The smallest absolute Gasteiger partial charge is 0.326 e. The lowest BCUT2D eigenvalue weighted by Gasteiger charge is -2.64. The number of carbonyl (C=O) groups excluding carboxylic acids is 1. The number of hydrogen-bond donors (Lipinski definition) is 5. The fourth-order valence-electron chi connectivity index (χ4n) is 8.45. The number of ether oxygens (including phenoxy) is 1. The summed E-state index contributed by atoms with van der Waals surface area (Å²) in [7, 11) is 0. The minimum Gasteiger partial charge on any atom is -0.508 e. The van der Waals surface area contributed by atoms with Crippen LogP contribution in [0.4, 0.5) is 0 Å². The van der Waals surface area contributed by atoms with E-state index in [-0.39, 0.29) is 60.0 Å². The van der Waals surface area contributed by atoms with Crippen LogP contribution in [0, 0.1) is 22.7 Å². The summed E-state index contributed by atoms with van der Waals surface area (Å²) in [6, 6.07) is 0.433. The van der Waals surface area contributed by atoms with Crippen LogP contribution < -0.4 is 16.2 Å². The standard InChI is InChI=1S/C29H42N4O6/c1-15-7-8-21-27(2,3)22(35)9-10-28(21,4)29(15)13-17-20(34)12-16-18(23(17)39-29)14-33(24(16)36)19(25(37)38)6-5-11-32-26(30)31/h12,15,19,21-22,34-35H,5-11,13-14H2,1-4H3,(H,37,38)(H4,30,31,32)/t15-,19-,21-,22-,28+,29+/m1/s1. The number of amides is 1. The van der Waals surface area contributed by atoms with E-state index in [1.54, 1.807) is 0 Å². The number of benzene rings is 1. The highest BCUT2D eigenvalue weighted by Crippen LogP contribution is 2.67. The summed E-state index contributed by atoms with van der Waals surface area (Å²) in [6.07, 6.45) is 4.17. The fourth-order valence-corrected chi connectivity index (χ4v) is 8.45. The number of aliphatic hydroxyl groups excluding tert-OH is 1. The SMILES string of the molecule is C[C@@H]1CC[C@@H]2C(C)(C)[C@H](O)CC[C@]2(C)[C@]12Cc1c(O)cc3c(c1O2)CN([C@H](CCCN=C(N)N)C(=O)O)C3=O. The molecule has 10 heteroatoms. The predicted molar refractivity (Wildman–Crippen MR) is 145 cm³/mol. The Hall–Kier alpha value is -3.01. The lowest BCUT2D eigenvalue weighted by Crippen LogP contribution is -2.66. The van der Waals surface area contributed by atoms with E-state index in [4.69, 9.17) is 16.2 Å². The largest absolute Gasteiger partial charge is 0.508 e. The fraction of sp³-hybridized carbons (Fsp3) is 0.690. The van der Waals surface area contributed by atoms with Crippen LogP contribution in [0.3, 0.4) is 0 Å². The first-order chi connectivity index (χ1) is 18.2. The first kappa shape index (κ1) is 27.6. The third-order valence-corrected chi connectivity index (χ3v) is 10.7. The lowest BCUT2D eigenvalue weighted by atomic mass is 9.43. The molecule has 0 saturated heterocycles. The van der Waals surface area contributed by atoms with Crippen LogP contribution in [0.15, 0.2) is 11.1 Å². The molecule has 214 valence electrons. The van der Waals surface area contributed by atoms with Crippen LogP contribution in [0.2, 0.25) is 0 Å². The van der Waals surface area contributed by atoms with E-state index >= 15 is 0 Å². The quantitative estimate of drug-likeness (QED) is 0.207. The van der Waals surface area contributed by atoms with E-state index in [0.717, 1.165) is 19.3 Å². The van der Waals surface area contributed by atoms with Gasteiger partial charge in [0.2, 0.25) is 0 Å². The Balaban J connectivity index is 1.49. The second-order valence-electron chi connectivity index (χ2n) is 13.0. The van der Waals surface area contributed by atoms with Gasteiger partial charge in [0, 0.05) is 29.5 Å². The first-order valence-corrected chi connectivity index (χ1v) is 14.1. The summed E-state index contributed by atoms with van der Waals surface area (Å²) in [5.74, 6) is -0.612. The maximum atomic E-state index is 13.5. The second-order valence-corrected chi connectivity index (χ2v) is 13.0. The number of rotatable bonds is 6. The first-order valence-electron chi connectivity index (χ1n) is 14.1. The molecule has 6 atom stereocenters. The van der Waals surface area contributed by atoms with E-state index in [0.29, 0.717) is 41.7 Å². The number of carboxylic acids is 1. The number of phenolic OH excluding ortho intramolecular Hbond substituents is 1. The van der Waals surface area contributed by atoms with Gasteiger partial charge in [-0.1, -0.05) is 27.7 Å². The zero-order valence-electron chi connectivity index (χ0n) is 23.4. The maximum Gasteiger partial charge on any atom is 0.326 e. The van der Waals surface area contributed by atoms with Gasteiger partial charge < -0.3 is 36.4 Å². The number of nitrogens with zero attached hydrogens (tertiary/aromatic N) is 2. The summed E-state index contributed by atoms with van der Waals surface area (Å²) in [5, 5.41) is 32.0. The molecule has 0 unspecified atom stereocenters. The van der Waals surface area contributed by atoms with Crippen LogP contribution in [0.25, 0.3) is 0 Å². The van der Waals surface area contributed by atoms with Gasteiger partial charge in [-0.2, -0.15) is 0 Å². The Kier molecular flexibility index (Phi) is 6.56. The molecule has 7 N–H and O–H groups in total. The van der Waals surface area contributed by atoms with Gasteiger partial charge in [0.15, 0.2) is 5.96 Å². The third-order valence-electron chi connectivity index (χ3n) is 10.7. The van der Waals surface area contributed by atoms with Crippen molar-refractivity contribution in [3.63, 3.8) is 0 Å². The van der Waals surface area contributed by atoms with Gasteiger partial charge in [0.25, 0.3) is 5.91 Å². The Labute approximate surface area is 229 Å². The van der Waals surface area contributed by atoms with Crippen LogP contribution in [0.5, 0.6) is 11.5 Å². The molecule has 2 heterocycles. The van der Waals surface area contributed by atoms with Crippen molar-refractivity contribution in [2.75, 3.05) is 6.54 Å². The number of nitrogens with two attached hydrogens (primary N) is 2. The molecule has 4 aliphatic rings. The van der Waals surface area contributed by atoms with Crippen LogP contribution in [-0.4, -0.2) is 62.3 Å². The molecule has 0 bridgehead atoms. The predicted octanol–water partition coefficient (Wildman–Crippen LogP) is 2.76. The van der Waals surface area contributed by atoms with Crippen molar-refractivity contribution in [2.45, 2.75) is 96.9 Å². The molecular weight excluding hydrogens is 500 g/mol. The molecule has 1 aromatic rings. The van der Waals surface area contributed by atoms with E-state index in [2.05, 4.69) is 32.7 Å². The zero-order valence-corrected chi connectivity index (χ0v) is 23.4. The van der Waals surface area contributed by atoms with Gasteiger partial charge in [0.05, 0.1) is 18.2 Å². The molecule has 0 aromatic heterocycles. The molecule has 5 rings (SSSR count). The van der Waals surface area contributed by atoms with Crippen molar-refractivity contribution in [2.24, 2.45) is 39.1 Å². The normalized spacial score (nSPS) is 33.2. The van der Waals surface area contributed by atoms with Crippen LogP contribution in [0.1, 0.15) is 87.7 Å². The molecule has 1 spiro atoms. The molecule has 2 fully saturated rings. The Morgan fingerprint density at radius 3 is 2.62 bits per heavy atom. The minimum absolute atomic E-state index is 0.0171. The number of aliphatic carboxylic acids is 1. The summed E-state index contributed by atoms with van der Waals surface area (Å²) < 4.78 is 7.02. The van der Waals surface area contributed by atoms with Crippen molar-refractivity contribution in [1.29, 1.82) is 0 Å². The molecule has 10 nitrogen and oxygen atoms in total. The minimum atomic E-state index is -1.10. The summed E-state index contributed by atoms with van der Waals surface area (Å²) in [5.41, 5.74) is 11.3. The van der Waals surface area contributed by atoms with Crippen molar-refractivity contribution in [3.05, 3.63) is 22.8 Å². The summed E-state index contributed by atoms with van der Waals surface area (Å²) >= 11 is 0. The maximum absolute atomic E-state index is 13.5. The number of carbonyl (C=O) groups is 2. The molecule has 39 heavy (non-hydrogen) atoms. The summed E-state index contributed by atoms with van der Waals surface area (Å²) in [4.78, 5) is 31.0. The number of aliphatic imine (C=N–C) groups is 1. The van der Waals surface area contributed by atoms with E-state index < -0.39 is 23.5 Å². The number of aliphatic hydroxyl groups is 1. The Morgan fingerprint density at radius 1 is 1.23 bits per heavy atom. The van der Waals surface area contributed by atoms with Crippen LogP contribution >= 0.6 is 0 Å². The average molecular weight is 543 g/mol. The van der Waals surface area contributed by atoms with Gasteiger partial charge in [-0.25, -0.2) is 4.79 Å². The average Bonchev–Trinajstić information content (AvgIpc) is 3.41. The highest BCUT2D eigenvalue weighted by Gasteiger charge is 2.67. The second kappa shape index (κ2) is 9.28. The number of phenols is 1. The van der Waals surface area contributed by atoms with Gasteiger partial charge in [-0.3, -0.25) is 9.79 Å². The van der Waals surface area contributed by atoms with Gasteiger partial charge in [-0.05, 0) is 61.8 Å². The Morgan fingerprint density at radius 2 is 1.95 bits per heavy atom. The van der Waals surface area contributed by atoms with E-state index in [9.17, 15) is 24.9 Å². The molecule has 2 aliphatic carbocycles. The van der Waals surface area contributed by atoms with Crippen molar-refractivity contribution in [1.82, 2.24) is 4.90 Å². The molecular formula is C29H42N4O6. The molecule has 1 amide bonds. The van der Waals surface area contributed by atoms with Gasteiger partial charge in [0.1, 0.15) is 23.1 Å². The van der Waals surface area contributed by atoms with Crippen molar-refractivity contribution in [3.8, 4) is 11.5 Å². The van der Waals surface area contributed by atoms with Crippen molar-refractivity contribution >= 4 is 17.8 Å². The van der Waals surface area contributed by atoms with Crippen LogP contribution in [-0.2, 0) is 17.8 Å². The third kappa shape index (κ3) is 3.97. The van der Waals surface area contributed by atoms with Gasteiger partial charge in [-0.15, -0.1) is 0 Å². The highest BCUT2D eigenvalue weighted by atomic mass is 16.5. The highest BCUT2D eigenvalue weighted by molar-refractivity contribution is 6.02. The molecule has 0 radical (unpaired) electrons. The number of fused-ring (bicyclic) bond motifs is 5. The number of hydrogen-bond acceptors (Lipinski definition) is 6. The topological polar surface area (TPSA) is 172 Å². The summed E-state index contributed by atoms with van der Waals surface area (Å²) in [6.45, 7) is 9.15. The van der Waals surface area contributed by atoms with Crippen molar-refractivity contribution < 1.29 is 29.6 Å². The van der Waals surface area contributed by atoms with Gasteiger partial charge >= 0.3 is 5.97 Å². The lowest BCUT2D eigenvalue weighted by molar-refractivity contribution is -0.210. The Bertz CT molecular complexity index is 1230. The monoisotopic (exact) mass is 542 g/mol. The number of aromatic hydroxyl groups is 1. The molecule has 2 aliphatic heterocycles. The number of carboxylic acid groups (broad SMARTS) is 1. The number of guanidine groups is 1. The van der Waals surface area contributed by atoms with E-state index in [1.165, 1.54) is 11.0 Å². The molecule has 2 saturated carbocycles. The zero-order chi connectivity index (χ0) is 28.5. The van der Waals surface area contributed by atoms with E-state index in [1.807, 2.05) is 0 Å².